The molecule has 5 aromatic rings. The summed E-state index contributed by atoms with van der Waals surface area (Å²) in [5, 5.41) is 7.74. The molecule has 1 N–H and O–H groups in total. The molecular formula is C36H34N4O4. The third kappa shape index (κ3) is 3.29. The number of rotatable bonds is 4. The van der Waals surface area contributed by atoms with Crippen molar-refractivity contribution >= 4 is 57.2 Å². The van der Waals surface area contributed by atoms with E-state index in [4.69, 9.17) is 9.47 Å². The summed E-state index contributed by atoms with van der Waals surface area (Å²) >= 11 is 0. The van der Waals surface area contributed by atoms with Crippen LogP contribution in [0.4, 0.5) is 0 Å². The molecule has 3 aliphatic heterocycles. The van der Waals surface area contributed by atoms with E-state index < -0.39 is 18.1 Å². The first-order valence-corrected chi connectivity index (χ1v) is 15.1. The average molecular weight is 587 g/mol. The molecule has 0 spiro atoms. The number of nitrogens with zero attached hydrogens (tertiary/aromatic N) is 3. The van der Waals surface area contributed by atoms with Gasteiger partial charge in [0.2, 0.25) is 0 Å². The molecule has 8 rings (SSSR count). The second-order valence-electron chi connectivity index (χ2n) is 12.1. The molecule has 8 heteroatoms. The van der Waals surface area contributed by atoms with Crippen LogP contribution < -0.4 is 15.9 Å². The van der Waals surface area contributed by atoms with Crippen LogP contribution in [0.1, 0.15) is 52.8 Å². The number of hydrogen-bond acceptors (Lipinski definition) is 4. The van der Waals surface area contributed by atoms with Gasteiger partial charge < -0.3 is 28.8 Å². The summed E-state index contributed by atoms with van der Waals surface area (Å²) in [5.74, 6) is -0.156. The summed E-state index contributed by atoms with van der Waals surface area (Å²) in [6.07, 6.45) is 5.49. The van der Waals surface area contributed by atoms with Crippen molar-refractivity contribution in [1.82, 2.24) is 19.4 Å². The number of allylic oxidation sites excluding steroid dienone is 2. The summed E-state index contributed by atoms with van der Waals surface area (Å²) in [5.41, 5.74) is 4.20. The standard InChI is InChI=1S/C36H34N4O4/c1-6-7-15-22-20(2)39-27-18-26(38(4)35(42)21-13-9-8-10-14-21)33(43-5)36(3,44-27)40-25-17-12-11-16-23(25)28-24-19-37-34(41)30(24)29(22)31(39)32(28)40/h6-17,26-27,33H,2,18-19H2,1,3-5H3,(H,37,41)/b7-6-,22-15+/t26?,27-,33?,36+/m1/s1. The second kappa shape index (κ2) is 9.42. The number of aromatic nitrogens is 2. The van der Waals surface area contributed by atoms with Crippen molar-refractivity contribution in [3.8, 4) is 0 Å². The number of nitrogens with one attached hydrogen (secondary N) is 1. The van der Waals surface area contributed by atoms with Crippen LogP contribution in [0, 0.1) is 0 Å². The maximum Gasteiger partial charge on any atom is 0.253 e. The zero-order valence-corrected chi connectivity index (χ0v) is 25.3. The van der Waals surface area contributed by atoms with E-state index in [0.29, 0.717) is 24.1 Å². The fourth-order valence-electron chi connectivity index (χ4n) is 8.11. The van der Waals surface area contributed by atoms with Gasteiger partial charge in [-0.15, -0.1) is 0 Å². The van der Waals surface area contributed by atoms with Crippen LogP contribution in [-0.2, 0) is 21.7 Å². The third-order valence-corrected chi connectivity index (χ3v) is 9.93. The van der Waals surface area contributed by atoms with Gasteiger partial charge in [0, 0.05) is 59.4 Å². The molecule has 1 fully saturated rings. The number of likely N-dealkylation sites (N-methyl/N-ethyl adjacent to an activating group) is 1. The van der Waals surface area contributed by atoms with Crippen molar-refractivity contribution in [3.05, 3.63) is 94.0 Å². The molecule has 0 radical (unpaired) electrons. The molecule has 2 unspecified atom stereocenters. The molecule has 8 nitrogen and oxygen atoms in total. The Morgan fingerprint density at radius 1 is 1.14 bits per heavy atom. The third-order valence-electron chi connectivity index (χ3n) is 9.93. The predicted molar refractivity (Wildman–Crippen MR) is 172 cm³/mol. The predicted octanol–water partition coefficient (Wildman–Crippen LogP) is 4.52. The Bertz CT molecular complexity index is 2190. The summed E-state index contributed by atoms with van der Waals surface area (Å²) in [7, 11) is 3.54. The number of benzene rings is 3. The molecule has 3 aliphatic rings. The zero-order valence-electron chi connectivity index (χ0n) is 25.3. The van der Waals surface area contributed by atoms with Gasteiger partial charge in [0.25, 0.3) is 11.8 Å². The highest BCUT2D eigenvalue weighted by atomic mass is 16.6. The van der Waals surface area contributed by atoms with Gasteiger partial charge in [0.1, 0.15) is 12.3 Å². The minimum Gasteiger partial charge on any atom is -0.374 e. The molecule has 2 aromatic heterocycles. The number of ether oxygens (including phenoxy) is 2. The van der Waals surface area contributed by atoms with E-state index in [9.17, 15) is 9.59 Å². The van der Waals surface area contributed by atoms with E-state index in [-0.39, 0.29) is 17.9 Å². The number of methoxy groups -OCH3 is 1. The summed E-state index contributed by atoms with van der Waals surface area (Å²) in [4.78, 5) is 29.3. The SMILES string of the molecule is C=c1/c(=C\C=C/C)c2c3c(c4c5ccccc5n5c4c2n1[C@H]1CC(N(C)C(=O)c2ccccc2)C(OC)[C@]5(C)O1)CNC3=O. The van der Waals surface area contributed by atoms with Crippen molar-refractivity contribution in [3.63, 3.8) is 0 Å². The molecule has 0 aliphatic carbocycles. The van der Waals surface area contributed by atoms with Crippen LogP contribution >= 0.6 is 0 Å². The molecule has 3 aromatic carbocycles. The minimum absolute atomic E-state index is 0.0776. The topological polar surface area (TPSA) is 77.7 Å². The lowest BCUT2D eigenvalue weighted by atomic mass is 9.91. The molecule has 5 heterocycles. The first kappa shape index (κ1) is 26.9. The van der Waals surface area contributed by atoms with Crippen molar-refractivity contribution in [2.24, 2.45) is 0 Å². The van der Waals surface area contributed by atoms with Gasteiger partial charge in [0.15, 0.2) is 5.72 Å². The number of para-hydroxylation sites is 1. The smallest absolute Gasteiger partial charge is 0.253 e. The quantitative estimate of drug-likeness (QED) is 0.336. The van der Waals surface area contributed by atoms with Crippen molar-refractivity contribution in [2.75, 3.05) is 14.2 Å². The Morgan fingerprint density at radius 3 is 2.64 bits per heavy atom. The second-order valence-corrected chi connectivity index (χ2v) is 12.1. The maximum atomic E-state index is 13.9. The fraction of sp³-hybridized carbons (Fsp3) is 0.278. The largest absolute Gasteiger partial charge is 0.374 e. The monoisotopic (exact) mass is 586 g/mol. The van der Waals surface area contributed by atoms with Crippen molar-refractivity contribution < 1.29 is 19.1 Å². The maximum absolute atomic E-state index is 13.9. The van der Waals surface area contributed by atoms with Gasteiger partial charge >= 0.3 is 0 Å². The molecule has 0 saturated carbocycles. The fourth-order valence-corrected chi connectivity index (χ4v) is 8.11. The Morgan fingerprint density at radius 2 is 1.89 bits per heavy atom. The Labute approximate surface area is 254 Å². The molecule has 4 atom stereocenters. The number of fused-ring (bicyclic) bond motifs is 10. The van der Waals surface area contributed by atoms with Crippen LogP contribution in [0.3, 0.4) is 0 Å². The van der Waals surface area contributed by atoms with Crippen LogP contribution in [0.5, 0.6) is 0 Å². The van der Waals surface area contributed by atoms with E-state index >= 15 is 0 Å². The lowest BCUT2D eigenvalue weighted by molar-refractivity contribution is -0.265. The highest BCUT2D eigenvalue weighted by molar-refractivity contribution is 6.25. The Hall–Kier alpha value is -4.66. The van der Waals surface area contributed by atoms with Crippen LogP contribution in [0.15, 0.2) is 66.7 Å². The highest BCUT2D eigenvalue weighted by Crippen LogP contribution is 2.51. The van der Waals surface area contributed by atoms with Crippen LogP contribution in [0.25, 0.3) is 45.4 Å². The number of amides is 2. The van der Waals surface area contributed by atoms with Crippen LogP contribution in [-0.4, -0.2) is 52.2 Å². The summed E-state index contributed by atoms with van der Waals surface area (Å²) in [6.45, 7) is 9.07. The molecular weight excluding hydrogens is 552 g/mol. The van der Waals surface area contributed by atoms with E-state index in [1.54, 1.807) is 12.0 Å². The average Bonchev–Trinajstić information content (AvgIpc) is 3.66. The summed E-state index contributed by atoms with van der Waals surface area (Å²) < 4.78 is 18.0. The first-order valence-electron chi connectivity index (χ1n) is 15.1. The first-order chi connectivity index (χ1) is 21.3. The number of carbonyl (C=O) groups excluding carboxylic acids is 2. The number of hydrogen-bond donors (Lipinski definition) is 1. The molecule has 44 heavy (non-hydrogen) atoms. The molecule has 1 saturated heterocycles. The van der Waals surface area contributed by atoms with Crippen molar-refractivity contribution in [1.29, 1.82) is 0 Å². The van der Waals surface area contributed by atoms with E-state index in [2.05, 4.69) is 40.1 Å². The Balaban J connectivity index is 1.52. The van der Waals surface area contributed by atoms with Gasteiger partial charge in [-0.1, -0.05) is 61.2 Å². The number of carbonyl (C=O) groups is 2. The van der Waals surface area contributed by atoms with Crippen molar-refractivity contribution in [2.45, 2.75) is 50.9 Å². The lowest BCUT2D eigenvalue weighted by Gasteiger charge is -2.50. The minimum atomic E-state index is -1.01. The van der Waals surface area contributed by atoms with Gasteiger partial charge in [-0.25, -0.2) is 0 Å². The van der Waals surface area contributed by atoms with E-state index in [1.165, 1.54) is 0 Å². The van der Waals surface area contributed by atoms with Gasteiger partial charge in [0.05, 0.1) is 28.2 Å². The lowest BCUT2D eigenvalue weighted by Crippen LogP contribution is -2.61. The highest BCUT2D eigenvalue weighted by Gasteiger charge is 2.54. The van der Waals surface area contributed by atoms with E-state index in [1.807, 2.05) is 74.7 Å². The van der Waals surface area contributed by atoms with Gasteiger partial charge in [-0.2, -0.15) is 0 Å². The van der Waals surface area contributed by atoms with Crippen LogP contribution in [0.2, 0.25) is 0 Å². The molecule has 2 amide bonds. The van der Waals surface area contributed by atoms with Gasteiger partial charge in [-0.05, 0) is 37.6 Å². The summed E-state index contributed by atoms with van der Waals surface area (Å²) in [6, 6.07) is 17.3. The van der Waals surface area contributed by atoms with Gasteiger partial charge in [-0.3, -0.25) is 9.59 Å². The molecule has 222 valence electrons. The van der Waals surface area contributed by atoms with E-state index in [0.717, 1.165) is 48.8 Å². The zero-order chi connectivity index (χ0) is 30.5. The Kier molecular flexibility index (Phi) is 5.76. The molecule has 2 bridgehead atoms. The normalized spacial score (nSPS) is 24.5.